The fourth-order valence-corrected chi connectivity index (χ4v) is 3.17. The quantitative estimate of drug-likeness (QED) is 0.288. The summed E-state index contributed by atoms with van der Waals surface area (Å²) in [5.41, 5.74) is 0.643. The second-order valence-corrected chi connectivity index (χ2v) is 7.45. The molecule has 2 aromatic heterocycles. The Morgan fingerprint density at radius 3 is 2.59 bits per heavy atom. The molecule has 6 nitrogen and oxygen atoms in total. The average molecular weight is 472 g/mol. The molecule has 0 N–H and O–H groups in total. The van der Waals surface area contributed by atoms with E-state index in [2.05, 4.69) is 15.3 Å². The van der Waals surface area contributed by atoms with Gasteiger partial charge in [0.05, 0.1) is 11.8 Å². The van der Waals surface area contributed by atoms with Crippen molar-refractivity contribution >= 4 is 12.2 Å². The Hall–Kier alpha value is -3.95. The van der Waals surface area contributed by atoms with E-state index in [-0.39, 0.29) is 18.1 Å². The van der Waals surface area contributed by atoms with Crippen LogP contribution in [0.2, 0.25) is 0 Å². The van der Waals surface area contributed by atoms with E-state index in [1.54, 1.807) is 10.9 Å². The van der Waals surface area contributed by atoms with Gasteiger partial charge in [-0.25, -0.2) is 9.37 Å². The molecule has 34 heavy (non-hydrogen) atoms. The number of aromatic nitrogens is 4. The molecule has 0 aliphatic carbocycles. The fourth-order valence-electron chi connectivity index (χ4n) is 3.17. The van der Waals surface area contributed by atoms with E-state index in [1.165, 1.54) is 24.0 Å². The fraction of sp³-hybridized carbons (Fsp3) is 0.208. The zero-order valence-electron chi connectivity index (χ0n) is 17.9. The molecule has 4 rings (SSSR count). The second kappa shape index (κ2) is 10.3. The first-order valence-corrected chi connectivity index (χ1v) is 10.4. The highest BCUT2D eigenvalue weighted by atomic mass is 19.4. The molecule has 2 aromatic carbocycles. The largest absolute Gasteiger partial charge is 0.487 e. The lowest BCUT2D eigenvalue weighted by Gasteiger charge is -2.07. The monoisotopic (exact) mass is 472 g/mol. The van der Waals surface area contributed by atoms with E-state index in [9.17, 15) is 17.6 Å². The van der Waals surface area contributed by atoms with Gasteiger partial charge in [-0.15, -0.1) is 5.10 Å². The summed E-state index contributed by atoms with van der Waals surface area (Å²) in [4.78, 5) is 4.22. The van der Waals surface area contributed by atoms with Gasteiger partial charge in [0.15, 0.2) is 0 Å². The van der Waals surface area contributed by atoms with Crippen molar-refractivity contribution in [3.05, 3.63) is 95.2 Å². The number of rotatable bonds is 9. The Morgan fingerprint density at radius 2 is 1.88 bits per heavy atom. The van der Waals surface area contributed by atoms with E-state index in [1.807, 2.05) is 30.5 Å². The smallest absolute Gasteiger partial charge is 0.416 e. The highest BCUT2D eigenvalue weighted by Gasteiger charge is 2.30. The van der Waals surface area contributed by atoms with Crippen molar-refractivity contribution in [3.8, 4) is 5.75 Å². The lowest BCUT2D eigenvalue weighted by Crippen LogP contribution is -2.05. The van der Waals surface area contributed by atoms with Crippen LogP contribution in [0.1, 0.15) is 34.7 Å². The van der Waals surface area contributed by atoms with Crippen LogP contribution in [0, 0.1) is 5.82 Å². The summed E-state index contributed by atoms with van der Waals surface area (Å²) in [5, 5.41) is 7.71. The number of hydrogen-bond donors (Lipinski definition) is 0. The third-order valence-corrected chi connectivity index (χ3v) is 4.94. The van der Waals surface area contributed by atoms with Gasteiger partial charge >= 0.3 is 6.18 Å². The van der Waals surface area contributed by atoms with Gasteiger partial charge in [-0.1, -0.05) is 23.4 Å². The normalized spacial score (nSPS) is 11.9. The zero-order valence-corrected chi connectivity index (χ0v) is 17.9. The lowest BCUT2D eigenvalue weighted by atomic mass is 10.1. The number of oxazole rings is 1. The van der Waals surface area contributed by atoms with Gasteiger partial charge in [0, 0.05) is 24.4 Å². The van der Waals surface area contributed by atoms with Gasteiger partial charge < -0.3 is 9.15 Å². The summed E-state index contributed by atoms with van der Waals surface area (Å²) in [7, 11) is 0. The summed E-state index contributed by atoms with van der Waals surface area (Å²) in [5.74, 6) is -0.129. The lowest BCUT2D eigenvalue weighted by molar-refractivity contribution is -0.137. The molecular weight excluding hydrogens is 452 g/mol. The minimum Gasteiger partial charge on any atom is -0.487 e. The molecular formula is C24H20F4N4O2. The number of benzene rings is 2. The van der Waals surface area contributed by atoms with Crippen molar-refractivity contribution in [3.63, 3.8) is 0 Å². The molecule has 0 aliphatic heterocycles. The summed E-state index contributed by atoms with van der Waals surface area (Å²) in [6.45, 7) is 0.963. The molecule has 4 aromatic rings. The predicted molar refractivity (Wildman–Crippen MR) is 116 cm³/mol. The van der Waals surface area contributed by atoms with Gasteiger partial charge in [-0.2, -0.15) is 13.2 Å². The van der Waals surface area contributed by atoms with E-state index in [0.717, 1.165) is 31.5 Å². The highest BCUT2D eigenvalue weighted by molar-refractivity contribution is 5.66. The maximum absolute atomic E-state index is 13.9. The maximum atomic E-state index is 13.9. The molecule has 0 atom stereocenters. The SMILES string of the molecule is Fc1cc(C(F)(F)F)ccc1C=Cc1nc(COc2ccc(CCCn3ccnn3)cc2)co1. The van der Waals surface area contributed by atoms with Crippen molar-refractivity contribution in [2.75, 3.05) is 0 Å². The van der Waals surface area contributed by atoms with Crippen LogP contribution >= 0.6 is 0 Å². The van der Waals surface area contributed by atoms with Gasteiger partial charge in [-0.05, 0) is 48.7 Å². The Kier molecular flexibility index (Phi) is 7.05. The number of alkyl halides is 3. The van der Waals surface area contributed by atoms with Crippen LogP contribution < -0.4 is 4.74 Å². The number of halogens is 4. The first kappa shape index (κ1) is 23.2. The molecule has 0 unspecified atom stereocenters. The Balaban J connectivity index is 1.27. The number of aryl methyl sites for hydroxylation is 2. The summed E-state index contributed by atoms with van der Waals surface area (Å²) in [6.07, 6.45) is 4.81. The van der Waals surface area contributed by atoms with Gasteiger partial charge in [-0.3, -0.25) is 4.68 Å². The molecule has 0 radical (unpaired) electrons. The minimum atomic E-state index is -4.60. The van der Waals surface area contributed by atoms with Gasteiger partial charge in [0.2, 0.25) is 5.89 Å². The van der Waals surface area contributed by atoms with Crippen LogP contribution in [0.5, 0.6) is 5.75 Å². The van der Waals surface area contributed by atoms with Crippen molar-refractivity contribution in [1.29, 1.82) is 0 Å². The third-order valence-electron chi connectivity index (χ3n) is 4.94. The molecule has 0 saturated heterocycles. The van der Waals surface area contributed by atoms with Crippen LogP contribution in [0.15, 0.2) is 65.5 Å². The minimum absolute atomic E-state index is 0.00891. The van der Waals surface area contributed by atoms with Crippen molar-refractivity contribution in [2.45, 2.75) is 32.2 Å². The molecule has 0 saturated carbocycles. The van der Waals surface area contributed by atoms with Crippen LogP contribution in [-0.4, -0.2) is 20.0 Å². The van der Waals surface area contributed by atoms with Crippen molar-refractivity contribution in [1.82, 2.24) is 20.0 Å². The van der Waals surface area contributed by atoms with Crippen LogP contribution in [0.3, 0.4) is 0 Å². The Bertz CT molecular complexity index is 1230. The number of nitrogens with zero attached hydrogens (tertiary/aromatic N) is 4. The Labute approximate surface area is 192 Å². The van der Waals surface area contributed by atoms with E-state index in [0.29, 0.717) is 17.5 Å². The molecule has 2 heterocycles. The van der Waals surface area contributed by atoms with E-state index >= 15 is 0 Å². The highest BCUT2D eigenvalue weighted by Crippen LogP contribution is 2.30. The second-order valence-electron chi connectivity index (χ2n) is 7.45. The number of ether oxygens (including phenoxy) is 1. The van der Waals surface area contributed by atoms with Crippen molar-refractivity contribution in [2.24, 2.45) is 0 Å². The molecule has 0 bridgehead atoms. The first-order chi connectivity index (χ1) is 16.4. The van der Waals surface area contributed by atoms with E-state index < -0.39 is 17.6 Å². The molecule has 176 valence electrons. The molecule has 0 spiro atoms. The maximum Gasteiger partial charge on any atom is 0.416 e. The standard InChI is InChI=1S/C24H20F4N4O2/c25-22-14-19(24(26,27)28)7-5-18(22)6-10-23-30-20(16-34-23)15-33-21-8-3-17(4-9-21)2-1-12-32-13-11-29-31-32/h3-11,13-14,16H,1-2,12,15H2. The predicted octanol–water partition coefficient (Wildman–Crippen LogP) is 5.81. The molecule has 0 amide bonds. The zero-order chi connectivity index (χ0) is 24.0. The third kappa shape index (κ3) is 6.31. The summed E-state index contributed by atoms with van der Waals surface area (Å²) in [6, 6.07) is 10.1. The molecule has 10 heteroatoms. The topological polar surface area (TPSA) is 66.0 Å². The van der Waals surface area contributed by atoms with Crippen LogP contribution in [0.4, 0.5) is 17.6 Å². The molecule has 0 fully saturated rings. The van der Waals surface area contributed by atoms with E-state index in [4.69, 9.17) is 9.15 Å². The average Bonchev–Trinajstić information content (AvgIpc) is 3.49. The van der Waals surface area contributed by atoms with Crippen LogP contribution in [0.25, 0.3) is 12.2 Å². The summed E-state index contributed by atoms with van der Waals surface area (Å²) >= 11 is 0. The van der Waals surface area contributed by atoms with Crippen LogP contribution in [-0.2, 0) is 25.7 Å². The number of hydrogen-bond acceptors (Lipinski definition) is 5. The summed E-state index contributed by atoms with van der Waals surface area (Å²) < 4.78 is 64.6. The van der Waals surface area contributed by atoms with Crippen molar-refractivity contribution < 1.29 is 26.7 Å². The van der Waals surface area contributed by atoms with Gasteiger partial charge in [0.25, 0.3) is 0 Å². The molecule has 0 aliphatic rings. The Morgan fingerprint density at radius 1 is 1.06 bits per heavy atom. The first-order valence-electron chi connectivity index (χ1n) is 10.4. The van der Waals surface area contributed by atoms with Gasteiger partial charge in [0.1, 0.15) is 30.1 Å².